The molecule has 1 saturated carbocycles. The van der Waals surface area contributed by atoms with E-state index in [-0.39, 0.29) is 5.92 Å². The molecule has 90 valence electrons. The van der Waals surface area contributed by atoms with Crippen molar-refractivity contribution in [3.8, 4) is 0 Å². The molecular weight excluding hydrogens is 214 g/mol. The molecule has 3 nitrogen and oxygen atoms in total. The highest BCUT2D eigenvalue weighted by molar-refractivity contribution is 5.77. The van der Waals surface area contributed by atoms with Crippen molar-refractivity contribution in [2.24, 2.45) is 0 Å². The second-order valence-electron chi connectivity index (χ2n) is 5.10. The molecule has 0 saturated heterocycles. The minimum absolute atomic E-state index is 0.347. The highest BCUT2D eigenvalue weighted by Crippen LogP contribution is 2.34. The van der Waals surface area contributed by atoms with Gasteiger partial charge in [0.05, 0.1) is 5.92 Å². The van der Waals surface area contributed by atoms with E-state index in [1.807, 2.05) is 18.2 Å². The Bertz CT molecular complexity index is 440. The van der Waals surface area contributed by atoms with Crippen LogP contribution >= 0.6 is 0 Å². The molecule has 0 bridgehead atoms. The fourth-order valence-electron chi connectivity index (χ4n) is 2.88. The standard InChI is InChI=1S/C14H17NO2/c16-14(17)13-9-15(11-5-3-6-11)8-10-4-1-2-7-12(10)13/h1-2,4,7,11,13H,3,5-6,8-9H2,(H,16,17). The number of benzene rings is 1. The number of nitrogens with zero attached hydrogens (tertiary/aromatic N) is 1. The van der Waals surface area contributed by atoms with Gasteiger partial charge in [-0.1, -0.05) is 30.7 Å². The largest absolute Gasteiger partial charge is 0.481 e. The molecule has 0 spiro atoms. The zero-order chi connectivity index (χ0) is 11.8. The minimum Gasteiger partial charge on any atom is -0.481 e. The van der Waals surface area contributed by atoms with Crippen molar-refractivity contribution in [2.75, 3.05) is 6.54 Å². The number of hydrogen-bond acceptors (Lipinski definition) is 2. The molecule has 1 unspecified atom stereocenters. The van der Waals surface area contributed by atoms with Crippen LogP contribution in [0.3, 0.4) is 0 Å². The van der Waals surface area contributed by atoms with Crippen molar-refractivity contribution in [2.45, 2.75) is 37.8 Å². The Morgan fingerprint density at radius 1 is 1.29 bits per heavy atom. The summed E-state index contributed by atoms with van der Waals surface area (Å²) in [6.45, 7) is 1.60. The molecule has 0 aromatic heterocycles. The summed E-state index contributed by atoms with van der Waals surface area (Å²) in [7, 11) is 0. The first kappa shape index (κ1) is 10.8. The van der Waals surface area contributed by atoms with Crippen LogP contribution in [0.1, 0.15) is 36.3 Å². The summed E-state index contributed by atoms with van der Waals surface area (Å²) in [4.78, 5) is 13.7. The Morgan fingerprint density at radius 2 is 2.06 bits per heavy atom. The topological polar surface area (TPSA) is 40.5 Å². The van der Waals surface area contributed by atoms with Crippen molar-refractivity contribution in [1.29, 1.82) is 0 Å². The summed E-state index contributed by atoms with van der Waals surface area (Å²) in [6.07, 6.45) is 3.75. The molecule has 3 heteroatoms. The van der Waals surface area contributed by atoms with Gasteiger partial charge in [-0.05, 0) is 24.0 Å². The number of rotatable bonds is 2. The van der Waals surface area contributed by atoms with Crippen molar-refractivity contribution >= 4 is 5.97 Å². The van der Waals surface area contributed by atoms with Gasteiger partial charge in [-0.3, -0.25) is 9.69 Å². The number of carboxylic acid groups (broad SMARTS) is 1. The summed E-state index contributed by atoms with van der Waals surface area (Å²) in [5.41, 5.74) is 2.20. The molecule has 1 fully saturated rings. The van der Waals surface area contributed by atoms with E-state index < -0.39 is 5.97 Å². The van der Waals surface area contributed by atoms with Crippen LogP contribution in [0.25, 0.3) is 0 Å². The summed E-state index contributed by atoms with van der Waals surface area (Å²) in [5, 5.41) is 9.35. The molecule has 0 amide bonds. The van der Waals surface area contributed by atoms with Gasteiger partial charge in [0.1, 0.15) is 0 Å². The van der Waals surface area contributed by atoms with Gasteiger partial charge in [-0.25, -0.2) is 0 Å². The van der Waals surface area contributed by atoms with Crippen molar-refractivity contribution < 1.29 is 9.90 Å². The molecule has 3 rings (SSSR count). The molecule has 2 aliphatic rings. The lowest BCUT2D eigenvalue weighted by Crippen LogP contribution is -2.45. The highest BCUT2D eigenvalue weighted by Gasteiger charge is 2.34. The first-order valence-corrected chi connectivity index (χ1v) is 6.30. The molecule has 17 heavy (non-hydrogen) atoms. The lowest BCUT2D eigenvalue weighted by atomic mass is 9.85. The number of fused-ring (bicyclic) bond motifs is 1. The Kier molecular flexibility index (Phi) is 2.63. The number of carbonyl (C=O) groups is 1. The number of aliphatic carboxylic acids is 1. The molecule has 1 heterocycles. The maximum absolute atomic E-state index is 11.4. The molecule has 1 aromatic carbocycles. The van der Waals surface area contributed by atoms with E-state index in [1.165, 1.54) is 24.8 Å². The van der Waals surface area contributed by atoms with Gasteiger partial charge in [0, 0.05) is 19.1 Å². The first-order valence-electron chi connectivity index (χ1n) is 6.30. The predicted octanol–water partition coefficient (Wildman–Crippen LogP) is 2.22. The van der Waals surface area contributed by atoms with E-state index in [2.05, 4.69) is 11.0 Å². The second kappa shape index (κ2) is 4.15. The number of hydrogen-bond donors (Lipinski definition) is 1. The molecule has 1 N–H and O–H groups in total. The SMILES string of the molecule is O=C(O)C1CN(C2CCC2)Cc2ccccc21. The van der Waals surface area contributed by atoms with Crippen LogP contribution in [0.5, 0.6) is 0 Å². The summed E-state index contributed by atoms with van der Waals surface area (Å²) in [6, 6.07) is 8.59. The van der Waals surface area contributed by atoms with Gasteiger partial charge in [0.15, 0.2) is 0 Å². The maximum Gasteiger partial charge on any atom is 0.312 e. The Morgan fingerprint density at radius 3 is 2.71 bits per heavy atom. The van der Waals surface area contributed by atoms with E-state index in [4.69, 9.17) is 0 Å². The normalized spacial score (nSPS) is 25.1. The fourth-order valence-corrected chi connectivity index (χ4v) is 2.88. The molecule has 1 aliphatic heterocycles. The zero-order valence-electron chi connectivity index (χ0n) is 9.80. The van der Waals surface area contributed by atoms with Gasteiger partial charge in [-0.15, -0.1) is 0 Å². The maximum atomic E-state index is 11.4. The monoisotopic (exact) mass is 231 g/mol. The van der Waals surface area contributed by atoms with Gasteiger partial charge in [0.2, 0.25) is 0 Å². The summed E-state index contributed by atoms with van der Waals surface area (Å²) < 4.78 is 0. The van der Waals surface area contributed by atoms with Gasteiger partial charge in [0.25, 0.3) is 0 Å². The Labute approximate surface area is 101 Å². The van der Waals surface area contributed by atoms with E-state index in [1.54, 1.807) is 0 Å². The average Bonchev–Trinajstić information content (AvgIpc) is 2.25. The van der Waals surface area contributed by atoms with Crippen LogP contribution in [-0.4, -0.2) is 28.6 Å². The van der Waals surface area contributed by atoms with E-state index >= 15 is 0 Å². The smallest absolute Gasteiger partial charge is 0.312 e. The quantitative estimate of drug-likeness (QED) is 0.848. The molecular formula is C14H17NO2. The van der Waals surface area contributed by atoms with Crippen molar-refractivity contribution in [3.63, 3.8) is 0 Å². The van der Waals surface area contributed by atoms with E-state index in [0.717, 1.165) is 12.1 Å². The lowest BCUT2D eigenvalue weighted by Gasteiger charge is -2.42. The molecule has 1 aromatic rings. The van der Waals surface area contributed by atoms with Gasteiger partial charge >= 0.3 is 5.97 Å². The van der Waals surface area contributed by atoms with Crippen LogP contribution in [0.15, 0.2) is 24.3 Å². The van der Waals surface area contributed by atoms with Crippen LogP contribution in [0, 0.1) is 0 Å². The van der Waals surface area contributed by atoms with Gasteiger partial charge < -0.3 is 5.11 Å². The average molecular weight is 231 g/mol. The molecule has 1 aliphatic carbocycles. The van der Waals surface area contributed by atoms with Crippen LogP contribution in [0.4, 0.5) is 0 Å². The second-order valence-corrected chi connectivity index (χ2v) is 5.10. The Balaban J connectivity index is 1.91. The highest BCUT2D eigenvalue weighted by atomic mass is 16.4. The third-order valence-corrected chi connectivity index (χ3v) is 4.11. The third-order valence-electron chi connectivity index (χ3n) is 4.11. The van der Waals surface area contributed by atoms with Crippen molar-refractivity contribution in [3.05, 3.63) is 35.4 Å². The fraction of sp³-hybridized carbons (Fsp3) is 0.500. The zero-order valence-corrected chi connectivity index (χ0v) is 9.80. The minimum atomic E-state index is -0.693. The van der Waals surface area contributed by atoms with Crippen LogP contribution in [0.2, 0.25) is 0 Å². The van der Waals surface area contributed by atoms with Gasteiger partial charge in [-0.2, -0.15) is 0 Å². The molecule has 0 radical (unpaired) electrons. The lowest BCUT2D eigenvalue weighted by molar-refractivity contribution is -0.140. The van der Waals surface area contributed by atoms with E-state index in [9.17, 15) is 9.90 Å². The summed E-state index contributed by atoms with van der Waals surface area (Å²) in [5.74, 6) is -1.04. The van der Waals surface area contributed by atoms with E-state index in [0.29, 0.717) is 12.6 Å². The third kappa shape index (κ3) is 1.84. The molecule has 1 atom stereocenters. The van der Waals surface area contributed by atoms with Crippen LogP contribution < -0.4 is 0 Å². The predicted molar refractivity (Wildman–Crippen MR) is 64.9 cm³/mol. The summed E-state index contributed by atoms with van der Waals surface area (Å²) >= 11 is 0. The Hall–Kier alpha value is -1.35. The number of carboxylic acids is 1. The van der Waals surface area contributed by atoms with Crippen molar-refractivity contribution in [1.82, 2.24) is 4.90 Å². The van der Waals surface area contributed by atoms with Crippen LogP contribution in [-0.2, 0) is 11.3 Å². The first-order chi connectivity index (χ1) is 8.25.